The third kappa shape index (κ3) is 4.73. The molecule has 0 aliphatic carbocycles. The van der Waals surface area contributed by atoms with Gasteiger partial charge in [0.1, 0.15) is 0 Å². The molecule has 1 N–H and O–H groups in total. The topological polar surface area (TPSA) is 24.5 Å². The monoisotopic (exact) mass is 146 g/mol. The molecule has 0 amide bonds. The zero-order valence-corrected chi connectivity index (χ0v) is 7.35. The zero-order valence-electron chi connectivity index (χ0n) is 7.35. The fourth-order valence-electron chi connectivity index (χ4n) is 0.857. The lowest BCUT2D eigenvalue weighted by Crippen LogP contribution is -2.35. The third-order valence-corrected chi connectivity index (χ3v) is 1.33. The molecule has 1 atom stereocenters. The van der Waals surface area contributed by atoms with E-state index in [1.165, 1.54) is 0 Å². The lowest BCUT2D eigenvalue weighted by molar-refractivity contribution is 0.0796. The molecule has 3 nitrogen and oxygen atoms in total. The Bertz CT molecular complexity index is 76.0. The molecule has 62 valence electrons. The van der Waals surface area contributed by atoms with E-state index in [2.05, 4.69) is 10.2 Å². The molecule has 0 aromatic heterocycles. The van der Waals surface area contributed by atoms with Crippen molar-refractivity contribution in [3.05, 3.63) is 0 Å². The SMILES string of the molecule is CNCC(CN(C)C)OC. The van der Waals surface area contributed by atoms with Crippen molar-refractivity contribution in [2.24, 2.45) is 0 Å². The maximum atomic E-state index is 5.20. The van der Waals surface area contributed by atoms with E-state index in [0.29, 0.717) is 6.10 Å². The molecule has 0 aromatic rings. The normalized spacial score (nSPS) is 14.1. The average molecular weight is 146 g/mol. The second kappa shape index (κ2) is 5.65. The van der Waals surface area contributed by atoms with Gasteiger partial charge in [-0.05, 0) is 21.1 Å². The Morgan fingerprint density at radius 2 is 2.10 bits per heavy atom. The molecule has 0 saturated carbocycles. The largest absolute Gasteiger partial charge is 0.379 e. The first-order chi connectivity index (χ1) is 4.70. The van der Waals surface area contributed by atoms with Gasteiger partial charge >= 0.3 is 0 Å². The van der Waals surface area contributed by atoms with Gasteiger partial charge in [0.25, 0.3) is 0 Å². The number of rotatable bonds is 5. The van der Waals surface area contributed by atoms with Gasteiger partial charge in [-0.25, -0.2) is 0 Å². The minimum atomic E-state index is 0.306. The molecule has 0 saturated heterocycles. The molecule has 0 rings (SSSR count). The van der Waals surface area contributed by atoms with Gasteiger partial charge in [0.15, 0.2) is 0 Å². The van der Waals surface area contributed by atoms with E-state index in [4.69, 9.17) is 4.74 Å². The van der Waals surface area contributed by atoms with E-state index < -0.39 is 0 Å². The highest BCUT2D eigenvalue weighted by atomic mass is 16.5. The van der Waals surface area contributed by atoms with Crippen LogP contribution in [0.4, 0.5) is 0 Å². The Balaban J connectivity index is 3.39. The summed E-state index contributed by atoms with van der Waals surface area (Å²) in [6.45, 7) is 1.88. The van der Waals surface area contributed by atoms with Crippen LogP contribution in [0, 0.1) is 0 Å². The summed E-state index contributed by atoms with van der Waals surface area (Å²) in [6.07, 6.45) is 0.306. The van der Waals surface area contributed by atoms with Crippen molar-refractivity contribution < 1.29 is 4.74 Å². The van der Waals surface area contributed by atoms with Crippen LogP contribution in [0.5, 0.6) is 0 Å². The van der Waals surface area contributed by atoms with Crippen molar-refractivity contribution >= 4 is 0 Å². The van der Waals surface area contributed by atoms with E-state index in [1.807, 2.05) is 21.1 Å². The molecule has 10 heavy (non-hydrogen) atoms. The Morgan fingerprint density at radius 3 is 2.40 bits per heavy atom. The lowest BCUT2D eigenvalue weighted by atomic mass is 10.3. The Hall–Kier alpha value is -0.120. The van der Waals surface area contributed by atoms with Crippen LogP contribution >= 0.6 is 0 Å². The van der Waals surface area contributed by atoms with Crippen LogP contribution in [-0.2, 0) is 4.74 Å². The number of nitrogens with zero attached hydrogens (tertiary/aromatic N) is 1. The Kier molecular flexibility index (Phi) is 5.58. The second-order valence-corrected chi connectivity index (χ2v) is 2.68. The molecular formula is C7H18N2O. The summed E-state index contributed by atoms with van der Waals surface area (Å²) in [4.78, 5) is 2.12. The zero-order chi connectivity index (χ0) is 7.98. The fourth-order valence-corrected chi connectivity index (χ4v) is 0.857. The number of nitrogens with one attached hydrogen (secondary N) is 1. The van der Waals surface area contributed by atoms with Crippen LogP contribution in [0.3, 0.4) is 0 Å². The van der Waals surface area contributed by atoms with Gasteiger partial charge in [0.2, 0.25) is 0 Å². The summed E-state index contributed by atoms with van der Waals surface area (Å²) < 4.78 is 5.20. The highest BCUT2D eigenvalue weighted by Crippen LogP contribution is 1.89. The molecular weight excluding hydrogens is 128 g/mol. The molecule has 0 aliphatic heterocycles. The summed E-state index contributed by atoms with van der Waals surface area (Å²) in [5.74, 6) is 0. The first kappa shape index (κ1) is 9.88. The van der Waals surface area contributed by atoms with Gasteiger partial charge in [-0.3, -0.25) is 0 Å². The van der Waals surface area contributed by atoms with Crippen LogP contribution in [0.2, 0.25) is 0 Å². The number of hydrogen-bond donors (Lipinski definition) is 1. The standard InChI is InChI=1S/C7H18N2O/c1-8-5-7(10-4)6-9(2)3/h7-8H,5-6H2,1-4H3. The van der Waals surface area contributed by atoms with Crippen LogP contribution in [-0.4, -0.2) is 52.3 Å². The number of methoxy groups -OCH3 is 1. The second-order valence-electron chi connectivity index (χ2n) is 2.68. The first-order valence-electron chi connectivity index (χ1n) is 3.52. The van der Waals surface area contributed by atoms with Crippen molar-refractivity contribution in [1.29, 1.82) is 0 Å². The molecule has 0 aromatic carbocycles. The number of hydrogen-bond acceptors (Lipinski definition) is 3. The van der Waals surface area contributed by atoms with E-state index in [1.54, 1.807) is 7.11 Å². The summed E-state index contributed by atoms with van der Waals surface area (Å²) in [5, 5.41) is 3.07. The summed E-state index contributed by atoms with van der Waals surface area (Å²) >= 11 is 0. The maximum absolute atomic E-state index is 5.20. The predicted molar refractivity (Wildman–Crippen MR) is 43.3 cm³/mol. The van der Waals surface area contributed by atoms with Crippen molar-refractivity contribution in [1.82, 2.24) is 10.2 Å². The van der Waals surface area contributed by atoms with Gasteiger partial charge in [0.05, 0.1) is 6.10 Å². The van der Waals surface area contributed by atoms with Crippen molar-refractivity contribution in [3.8, 4) is 0 Å². The quantitative estimate of drug-likeness (QED) is 0.580. The Labute approximate surface area is 63.4 Å². The van der Waals surface area contributed by atoms with Gasteiger partial charge in [-0.1, -0.05) is 0 Å². The van der Waals surface area contributed by atoms with Crippen LogP contribution in [0.15, 0.2) is 0 Å². The fraction of sp³-hybridized carbons (Fsp3) is 1.00. The van der Waals surface area contributed by atoms with Crippen molar-refractivity contribution in [2.45, 2.75) is 6.10 Å². The first-order valence-corrected chi connectivity index (χ1v) is 3.52. The molecule has 1 unspecified atom stereocenters. The van der Waals surface area contributed by atoms with Crippen LogP contribution < -0.4 is 5.32 Å². The van der Waals surface area contributed by atoms with Crippen LogP contribution in [0.1, 0.15) is 0 Å². The van der Waals surface area contributed by atoms with Crippen LogP contribution in [0.25, 0.3) is 0 Å². The molecule has 3 heteroatoms. The summed E-state index contributed by atoms with van der Waals surface area (Å²) in [5.41, 5.74) is 0. The van der Waals surface area contributed by atoms with Crippen molar-refractivity contribution in [3.63, 3.8) is 0 Å². The van der Waals surface area contributed by atoms with E-state index in [0.717, 1.165) is 13.1 Å². The lowest BCUT2D eigenvalue weighted by Gasteiger charge is -2.18. The minimum Gasteiger partial charge on any atom is -0.379 e. The van der Waals surface area contributed by atoms with E-state index >= 15 is 0 Å². The van der Waals surface area contributed by atoms with Gasteiger partial charge in [-0.2, -0.15) is 0 Å². The predicted octanol–water partition coefficient (Wildman–Crippen LogP) is -0.218. The minimum absolute atomic E-state index is 0.306. The molecule has 0 heterocycles. The van der Waals surface area contributed by atoms with Gasteiger partial charge < -0.3 is 15.0 Å². The maximum Gasteiger partial charge on any atom is 0.0821 e. The average Bonchev–Trinajstić information content (AvgIpc) is 1.86. The smallest absolute Gasteiger partial charge is 0.0821 e. The molecule has 0 spiro atoms. The van der Waals surface area contributed by atoms with E-state index in [-0.39, 0.29) is 0 Å². The molecule has 0 radical (unpaired) electrons. The van der Waals surface area contributed by atoms with Gasteiger partial charge in [-0.15, -0.1) is 0 Å². The third-order valence-electron chi connectivity index (χ3n) is 1.33. The summed E-state index contributed by atoms with van der Waals surface area (Å²) in [7, 11) is 7.76. The number of ether oxygens (including phenoxy) is 1. The molecule has 0 fully saturated rings. The molecule has 0 bridgehead atoms. The van der Waals surface area contributed by atoms with E-state index in [9.17, 15) is 0 Å². The van der Waals surface area contributed by atoms with Gasteiger partial charge in [0, 0.05) is 20.2 Å². The Morgan fingerprint density at radius 1 is 1.50 bits per heavy atom. The molecule has 0 aliphatic rings. The summed E-state index contributed by atoms with van der Waals surface area (Å²) in [6, 6.07) is 0. The highest BCUT2D eigenvalue weighted by molar-refractivity contribution is 4.61. The highest BCUT2D eigenvalue weighted by Gasteiger charge is 2.05. The van der Waals surface area contributed by atoms with Crippen molar-refractivity contribution in [2.75, 3.05) is 41.3 Å². The number of likely N-dealkylation sites (N-methyl/N-ethyl adjacent to an activating group) is 2.